The van der Waals surface area contributed by atoms with E-state index >= 15 is 0 Å². The largest absolute Gasteiger partial charge is 0.377 e. The Bertz CT molecular complexity index is 293. The Hall–Kier alpha value is -0.930. The highest BCUT2D eigenvalue weighted by Gasteiger charge is 2.14. The van der Waals surface area contributed by atoms with Gasteiger partial charge in [0.05, 0.1) is 5.60 Å². The van der Waals surface area contributed by atoms with Crippen molar-refractivity contribution in [2.75, 3.05) is 13.7 Å². The zero-order chi connectivity index (χ0) is 11.3. The first-order chi connectivity index (χ1) is 7.03. The van der Waals surface area contributed by atoms with Crippen LogP contribution in [0.1, 0.15) is 25.1 Å². The first-order valence-electron chi connectivity index (χ1n) is 5.21. The van der Waals surface area contributed by atoms with Crippen molar-refractivity contribution in [1.82, 2.24) is 10.3 Å². The fourth-order valence-corrected chi connectivity index (χ4v) is 1.18. The number of methoxy groups -OCH3 is 1. The van der Waals surface area contributed by atoms with Gasteiger partial charge in [-0.3, -0.25) is 4.98 Å². The number of aryl methyl sites for hydroxylation is 1. The van der Waals surface area contributed by atoms with E-state index in [1.165, 1.54) is 5.56 Å². The second-order valence-electron chi connectivity index (χ2n) is 4.38. The number of pyridine rings is 1. The minimum atomic E-state index is -0.113. The number of rotatable bonds is 5. The van der Waals surface area contributed by atoms with Crippen LogP contribution < -0.4 is 5.32 Å². The van der Waals surface area contributed by atoms with Gasteiger partial charge < -0.3 is 10.1 Å². The number of hydrogen-bond donors (Lipinski definition) is 1. The summed E-state index contributed by atoms with van der Waals surface area (Å²) in [6, 6.07) is 4.12. The maximum atomic E-state index is 5.32. The van der Waals surface area contributed by atoms with Crippen LogP contribution in [0.3, 0.4) is 0 Å². The van der Waals surface area contributed by atoms with Crippen molar-refractivity contribution in [1.29, 1.82) is 0 Å². The third-order valence-corrected chi connectivity index (χ3v) is 2.41. The molecule has 0 saturated heterocycles. The van der Waals surface area contributed by atoms with E-state index in [4.69, 9.17) is 4.74 Å². The normalized spacial score (nSPS) is 11.7. The molecule has 0 aliphatic carbocycles. The molecule has 3 nitrogen and oxygen atoms in total. The molecule has 0 bridgehead atoms. The van der Waals surface area contributed by atoms with Crippen molar-refractivity contribution in [2.24, 2.45) is 0 Å². The lowest BCUT2D eigenvalue weighted by atomic mass is 10.1. The quantitative estimate of drug-likeness (QED) is 0.802. The summed E-state index contributed by atoms with van der Waals surface area (Å²) in [6.45, 7) is 7.78. The van der Waals surface area contributed by atoms with Gasteiger partial charge in [-0.25, -0.2) is 0 Å². The van der Waals surface area contributed by atoms with Crippen molar-refractivity contribution >= 4 is 0 Å². The van der Waals surface area contributed by atoms with Crippen LogP contribution >= 0.6 is 0 Å². The van der Waals surface area contributed by atoms with Crippen LogP contribution in [0.15, 0.2) is 18.3 Å². The summed E-state index contributed by atoms with van der Waals surface area (Å²) in [7, 11) is 1.73. The summed E-state index contributed by atoms with van der Waals surface area (Å²) in [5.41, 5.74) is 2.14. The van der Waals surface area contributed by atoms with E-state index in [2.05, 4.69) is 30.2 Å². The van der Waals surface area contributed by atoms with E-state index in [1.807, 2.05) is 19.2 Å². The van der Waals surface area contributed by atoms with E-state index in [0.717, 1.165) is 18.8 Å². The Morgan fingerprint density at radius 2 is 2.13 bits per heavy atom. The van der Waals surface area contributed by atoms with E-state index in [0.29, 0.717) is 0 Å². The van der Waals surface area contributed by atoms with E-state index in [9.17, 15) is 0 Å². The number of aromatic nitrogens is 1. The molecule has 0 amide bonds. The molecule has 0 aliphatic rings. The molecule has 0 saturated carbocycles. The third-order valence-electron chi connectivity index (χ3n) is 2.41. The molecule has 0 radical (unpaired) electrons. The zero-order valence-electron chi connectivity index (χ0n) is 10.0. The second kappa shape index (κ2) is 5.24. The molecule has 0 spiro atoms. The van der Waals surface area contributed by atoms with Crippen molar-refractivity contribution in [3.8, 4) is 0 Å². The molecule has 0 aromatic carbocycles. The molecule has 1 rings (SSSR count). The molecule has 0 unspecified atom stereocenters. The van der Waals surface area contributed by atoms with Gasteiger partial charge >= 0.3 is 0 Å². The lowest BCUT2D eigenvalue weighted by Crippen LogP contribution is -2.36. The molecule has 1 heterocycles. The predicted molar refractivity (Wildman–Crippen MR) is 61.8 cm³/mol. The van der Waals surface area contributed by atoms with Gasteiger partial charge in [0.1, 0.15) is 0 Å². The number of nitrogens with zero attached hydrogens (tertiary/aromatic N) is 1. The molecule has 0 aliphatic heterocycles. The smallest absolute Gasteiger partial charge is 0.0746 e. The first-order valence-corrected chi connectivity index (χ1v) is 5.21. The van der Waals surface area contributed by atoms with Gasteiger partial charge in [-0.05, 0) is 32.4 Å². The summed E-state index contributed by atoms with van der Waals surface area (Å²) in [5.74, 6) is 0. The summed E-state index contributed by atoms with van der Waals surface area (Å²) >= 11 is 0. The van der Waals surface area contributed by atoms with Crippen molar-refractivity contribution < 1.29 is 4.74 Å². The summed E-state index contributed by atoms with van der Waals surface area (Å²) in [5, 5.41) is 3.35. The highest BCUT2D eigenvalue weighted by atomic mass is 16.5. The maximum absolute atomic E-state index is 5.32. The zero-order valence-corrected chi connectivity index (χ0v) is 10.0. The highest BCUT2D eigenvalue weighted by molar-refractivity contribution is 5.12. The third kappa shape index (κ3) is 4.40. The average Bonchev–Trinajstić information content (AvgIpc) is 2.21. The Morgan fingerprint density at radius 1 is 1.40 bits per heavy atom. The lowest BCUT2D eigenvalue weighted by molar-refractivity contribution is 0.0230. The fraction of sp³-hybridized carbons (Fsp3) is 0.583. The molecule has 1 N–H and O–H groups in total. The predicted octanol–water partition coefficient (Wildman–Crippen LogP) is 1.90. The molecule has 84 valence electrons. The maximum Gasteiger partial charge on any atom is 0.0746 e. The van der Waals surface area contributed by atoms with Crippen LogP contribution in [0.4, 0.5) is 0 Å². The first kappa shape index (κ1) is 12.1. The van der Waals surface area contributed by atoms with Crippen molar-refractivity contribution in [3.63, 3.8) is 0 Å². The van der Waals surface area contributed by atoms with Gasteiger partial charge in [0.25, 0.3) is 0 Å². The molecule has 1 aromatic rings. The Morgan fingerprint density at radius 3 is 2.67 bits per heavy atom. The van der Waals surface area contributed by atoms with Crippen LogP contribution in [0.5, 0.6) is 0 Å². The molecule has 0 atom stereocenters. The molecule has 0 fully saturated rings. The van der Waals surface area contributed by atoms with E-state index in [-0.39, 0.29) is 5.60 Å². The Kier molecular flexibility index (Phi) is 4.24. The molecule has 15 heavy (non-hydrogen) atoms. The summed E-state index contributed by atoms with van der Waals surface area (Å²) in [4.78, 5) is 4.24. The molecule has 3 heteroatoms. The van der Waals surface area contributed by atoms with Crippen LogP contribution in [0.2, 0.25) is 0 Å². The van der Waals surface area contributed by atoms with Crippen molar-refractivity contribution in [2.45, 2.75) is 32.9 Å². The summed E-state index contributed by atoms with van der Waals surface area (Å²) < 4.78 is 5.32. The van der Waals surface area contributed by atoms with Gasteiger partial charge in [0, 0.05) is 32.1 Å². The van der Waals surface area contributed by atoms with Crippen LogP contribution in [-0.2, 0) is 11.3 Å². The van der Waals surface area contributed by atoms with Gasteiger partial charge in [-0.1, -0.05) is 6.07 Å². The van der Waals surface area contributed by atoms with Crippen LogP contribution in [-0.4, -0.2) is 24.2 Å². The van der Waals surface area contributed by atoms with Crippen LogP contribution in [0, 0.1) is 6.92 Å². The fourth-order valence-electron chi connectivity index (χ4n) is 1.18. The minimum Gasteiger partial charge on any atom is -0.377 e. The van der Waals surface area contributed by atoms with Gasteiger partial charge in [0.2, 0.25) is 0 Å². The Balaban J connectivity index is 2.35. The van der Waals surface area contributed by atoms with Crippen LogP contribution in [0.25, 0.3) is 0 Å². The molecular formula is C12H20N2O. The monoisotopic (exact) mass is 208 g/mol. The summed E-state index contributed by atoms with van der Waals surface area (Å²) in [6.07, 6.45) is 1.90. The Labute approximate surface area is 91.9 Å². The molecular weight excluding hydrogens is 188 g/mol. The van der Waals surface area contributed by atoms with Crippen molar-refractivity contribution in [3.05, 3.63) is 29.6 Å². The second-order valence-corrected chi connectivity index (χ2v) is 4.38. The number of hydrogen-bond acceptors (Lipinski definition) is 3. The number of nitrogens with one attached hydrogen (secondary N) is 1. The lowest BCUT2D eigenvalue weighted by Gasteiger charge is -2.23. The standard InChI is InChI=1S/C12H20N2O/c1-10-5-6-11(8-14-10)7-13-9-12(2,3)15-4/h5-6,8,13H,7,9H2,1-4H3. The van der Waals surface area contributed by atoms with Gasteiger partial charge in [-0.2, -0.15) is 0 Å². The van der Waals surface area contributed by atoms with E-state index < -0.39 is 0 Å². The number of ether oxygens (including phenoxy) is 1. The topological polar surface area (TPSA) is 34.1 Å². The highest BCUT2D eigenvalue weighted by Crippen LogP contribution is 2.05. The average molecular weight is 208 g/mol. The minimum absolute atomic E-state index is 0.113. The van der Waals surface area contributed by atoms with Gasteiger partial charge in [0.15, 0.2) is 0 Å². The van der Waals surface area contributed by atoms with Gasteiger partial charge in [-0.15, -0.1) is 0 Å². The molecule has 1 aromatic heterocycles. The SMILES string of the molecule is COC(C)(C)CNCc1ccc(C)nc1. The van der Waals surface area contributed by atoms with E-state index in [1.54, 1.807) is 7.11 Å².